The number of methoxy groups -OCH3 is 1. The smallest absolute Gasteiger partial charge is 0.275 e. The first kappa shape index (κ1) is 21.1. The van der Waals surface area contributed by atoms with Gasteiger partial charge in [-0.1, -0.05) is 58.4 Å². The van der Waals surface area contributed by atoms with Crippen molar-refractivity contribution in [2.45, 2.75) is 6.61 Å². The zero-order valence-corrected chi connectivity index (χ0v) is 18.7. The molecule has 0 bridgehead atoms. The first-order valence-electron chi connectivity index (χ1n) is 8.70. The highest BCUT2D eigenvalue weighted by molar-refractivity contribution is 9.11. The van der Waals surface area contributed by atoms with E-state index in [0.29, 0.717) is 29.2 Å². The summed E-state index contributed by atoms with van der Waals surface area (Å²) in [5, 5.41) is 4.07. The summed E-state index contributed by atoms with van der Waals surface area (Å²) in [6.45, 7) is 0.373. The molecule has 3 aromatic rings. The molecule has 0 spiro atoms. The van der Waals surface area contributed by atoms with Gasteiger partial charge in [0.2, 0.25) is 0 Å². The van der Waals surface area contributed by atoms with Gasteiger partial charge >= 0.3 is 0 Å². The number of hydrazone groups is 1. The Bertz CT molecular complexity index is 1020. The lowest BCUT2D eigenvalue weighted by atomic mass is 10.2. The van der Waals surface area contributed by atoms with Gasteiger partial charge < -0.3 is 9.47 Å². The van der Waals surface area contributed by atoms with Gasteiger partial charge in [-0.3, -0.25) is 4.79 Å². The monoisotopic (exact) mass is 516 g/mol. The molecule has 0 radical (unpaired) electrons. The molecule has 3 rings (SSSR count). The number of hydrogen-bond acceptors (Lipinski definition) is 4. The zero-order chi connectivity index (χ0) is 20.6. The van der Waals surface area contributed by atoms with Gasteiger partial charge in [0, 0.05) is 10.0 Å². The molecule has 0 heterocycles. The molecular formula is C22H18Br2N2O3. The number of carbonyl (C=O) groups is 1. The third-order valence-electron chi connectivity index (χ3n) is 3.98. The molecule has 3 aromatic carbocycles. The van der Waals surface area contributed by atoms with E-state index < -0.39 is 0 Å². The van der Waals surface area contributed by atoms with Crippen LogP contribution in [-0.4, -0.2) is 19.2 Å². The van der Waals surface area contributed by atoms with Gasteiger partial charge in [-0.25, -0.2) is 5.43 Å². The Morgan fingerprint density at radius 2 is 1.79 bits per heavy atom. The highest BCUT2D eigenvalue weighted by Crippen LogP contribution is 2.31. The van der Waals surface area contributed by atoms with Crippen LogP contribution in [0.4, 0.5) is 0 Å². The van der Waals surface area contributed by atoms with Crippen LogP contribution in [0.25, 0.3) is 0 Å². The Morgan fingerprint density at radius 1 is 1.07 bits per heavy atom. The van der Waals surface area contributed by atoms with Crippen LogP contribution in [-0.2, 0) is 6.61 Å². The van der Waals surface area contributed by atoms with Crippen LogP contribution >= 0.6 is 31.9 Å². The molecule has 0 unspecified atom stereocenters. The highest BCUT2D eigenvalue weighted by Gasteiger charge is 2.12. The quantitative estimate of drug-likeness (QED) is 0.329. The normalized spacial score (nSPS) is 10.7. The summed E-state index contributed by atoms with van der Waals surface area (Å²) in [6.07, 6.45) is 1.53. The number of halogens is 2. The third-order valence-corrected chi connectivity index (χ3v) is 5.03. The van der Waals surface area contributed by atoms with E-state index in [1.54, 1.807) is 25.3 Å². The number of amides is 1. The number of nitrogens with one attached hydrogen (secondary N) is 1. The van der Waals surface area contributed by atoms with Crippen molar-refractivity contribution in [3.8, 4) is 11.5 Å². The van der Waals surface area contributed by atoms with Gasteiger partial charge in [-0.05, 0) is 45.8 Å². The minimum absolute atomic E-state index is 0.363. The predicted molar refractivity (Wildman–Crippen MR) is 121 cm³/mol. The number of benzene rings is 3. The summed E-state index contributed by atoms with van der Waals surface area (Å²) in [4.78, 5) is 12.6. The summed E-state index contributed by atoms with van der Waals surface area (Å²) in [6, 6.07) is 20.5. The minimum Gasteiger partial charge on any atom is -0.495 e. The van der Waals surface area contributed by atoms with Crippen LogP contribution in [0.15, 0.2) is 80.8 Å². The number of ether oxygens (including phenoxy) is 2. The number of rotatable bonds is 7. The van der Waals surface area contributed by atoms with Crippen molar-refractivity contribution in [1.29, 1.82) is 0 Å². The standard InChI is InChI=1S/C22H18Br2N2O3/c1-28-21-16(11-17(23)12-19(21)24)13-25-26-22(27)18-9-5-6-10-20(18)29-14-15-7-3-2-4-8-15/h2-13H,14H2,1H3,(H,26,27)/b25-13+. The first-order chi connectivity index (χ1) is 14.1. The van der Waals surface area contributed by atoms with Crippen molar-refractivity contribution < 1.29 is 14.3 Å². The maximum Gasteiger partial charge on any atom is 0.275 e. The number of nitrogens with zero attached hydrogens (tertiary/aromatic N) is 1. The SMILES string of the molecule is COc1c(Br)cc(Br)cc1/C=N/NC(=O)c1ccccc1OCc1ccccc1. The lowest BCUT2D eigenvalue weighted by Gasteiger charge is -2.11. The molecular weight excluding hydrogens is 500 g/mol. The van der Waals surface area contributed by atoms with Gasteiger partial charge in [-0.15, -0.1) is 0 Å². The van der Waals surface area contributed by atoms with E-state index >= 15 is 0 Å². The molecule has 5 nitrogen and oxygen atoms in total. The highest BCUT2D eigenvalue weighted by atomic mass is 79.9. The fraction of sp³-hybridized carbons (Fsp3) is 0.0909. The maximum absolute atomic E-state index is 12.6. The van der Waals surface area contributed by atoms with Crippen molar-refractivity contribution >= 4 is 44.0 Å². The van der Waals surface area contributed by atoms with Crippen molar-refractivity contribution in [3.05, 3.63) is 92.4 Å². The van der Waals surface area contributed by atoms with Crippen LogP contribution in [0, 0.1) is 0 Å². The van der Waals surface area contributed by atoms with Gasteiger partial charge in [0.05, 0.1) is 23.4 Å². The molecule has 0 aromatic heterocycles. The lowest BCUT2D eigenvalue weighted by molar-refractivity contribution is 0.0950. The molecule has 0 saturated heterocycles. The average molecular weight is 518 g/mol. The second-order valence-corrected chi connectivity index (χ2v) is 7.75. The molecule has 0 aliphatic carbocycles. The topological polar surface area (TPSA) is 59.9 Å². The summed E-state index contributed by atoms with van der Waals surface area (Å²) < 4.78 is 12.8. The van der Waals surface area contributed by atoms with E-state index in [1.807, 2.05) is 48.5 Å². The predicted octanol–water partition coefficient (Wildman–Crippen LogP) is 5.56. The van der Waals surface area contributed by atoms with Crippen molar-refractivity contribution in [2.75, 3.05) is 7.11 Å². The molecule has 1 amide bonds. The summed E-state index contributed by atoms with van der Waals surface area (Å²) in [7, 11) is 1.57. The second kappa shape index (κ2) is 10.2. The summed E-state index contributed by atoms with van der Waals surface area (Å²) >= 11 is 6.87. The maximum atomic E-state index is 12.6. The molecule has 1 N–H and O–H groups in total. The lowest BCUT2D eigenvalue weighted by Crippen LogP contribution is -2.18. The summed E-state index contributed by atoms with van der Waals surface area (Å²) in [5.41, 5.74) is 4.68. The Labute approximate surface area is 186 Å². The third kappa shape index (κ3) is 5.68. The molecule has 29 heavy (non-hydrogen) atoms. The Morgan fingerprint density at radius 3 is 2.55 bits per heavy atom. The van der Waals surface area contributed by atoms with Crippen LogP contribution < -0.4 is 14.9 Å². The van der Waals surface area contributed by atoms with Crippen molar-refractivity contribution in [3.63, 3.8) is 0 Å². The second-order valence-electron chi connectivity index (χ2n) is 5.98. The molecule has 0 saturated carbocycles. The Hall–Kier alpha value is -2.64. The fourth-order valence-corrected chi connectivity index (χ4v) is 4.05. The van der Waals surface area contributed by atoms with E-state index in [2.05, 4.69) is 42.4 Å². The van der Waals surface area contributed by atoms with Crippen LogP contribution in [0.5, 0.6) is 11.5 Å². The van der Waals surface area contributed by atoms with Gasteiger partial charge in [0.1, 0.15) is 18.1 Å². The van der Waals surface area contributed by atoms with Gasteiger partial charge in [0.25, 0.3) is 5.91 Å². The molecule has 0 aliphatic heterocycles. The first-order valence-corrected chi connectivity index (χ1v) is 10.3. The van der Waals surface area contributed by atoms with Gasteiger partial charge in [0.15, 0.2) is 0 Å². The Kier molecular flexibility index (Phi) is 7.43. The van der Waals surface area contributed by atoms with Crippen molar-refractivity contribution in [2.24, 2.45) is 5.10 Å². The largest absolute Gasteiger partial charge is 0.495 e. The van der Waals surface area contributed by atoms with E-state index in [0.717, 1.165) is 14.5 Å². The fourth-order valence-electron chi connectivity index (χ4n) is 2.63. The zero-order valence-electron chi connectivity index (χ0n) is 15.6. The molecule has 0 fully saturated rings. The van der Waals surface area contributed by atoms with Crippen LogP contribution in [0.3, 0.4) is 0 Å². The van der Waals surface area contributed by atoms with E-state index in [-0.39, 0.29) is 5.91 Å². The minimum atomic E-state index is -0.363. The average Bonchev–Trinajstić information content (AvgIpc) is 2.73. The molecule has 0 atom stereocenters. The van der Waals surface area contributed by atoms with Crippen LogP contribution in [0.2, 0.25) is 0 Å². The van der Waals surface area contributed by atoms with E-state index in [9.17, 15) is 4.79 Å². The number of para-hydroxylation sites is 1. The molecule has 7 heteroatoms. The van der Waals surface area contributed by atoms with E-state index in [1.165, 1.54) is 6.21 Å². The molecule has 148 valence electrons. The number of hydrogen-bond donors (Lipinski definition) is 1. The van der Waals surface area contributed by atoms with Crippen LogP contribution in [0.1, 0.15) is 21.5 Å². The summed E-state index contributed by atoms with van der Waals surface area (Å²) in [5.74, 6) is 0.752. The van der Waals surface area contributed by atoms with Gasteiger partial charge in [-0.2, -0.15) is 5.10 Å². The van der Waals surface area contributed by atoms with E-state index in [4.69, 9.17) is 9.47 Å². The van der Waals surface area contributed by atoms with Crippen molar-refractivity contribution in [1.82, 2.24) is 5.43 Å². The molecule has 0 aliphatic rings. The Balaban J connectivity index is 1.71. The number of carbonyl (C=O) groups excluding carboxylic acids is 1.